The zero-order chi connectivity index (χ0) is 21.5. The molecule has 2 aliphatic heterocycles. The molecule has 0 bridgehead atoms. The normalized spacial score (nSPS) is 22.0. The second-order valence-corrected chi connectivity index (χ2v) is 8.41. The quantitative estimate of drug-likeness (QED) is 0.811. The van der Waals surface area contributed by atoms with Crippen LogP contribution in [0.2, 0.25) is 0 Å². The van der Waals surface area contributed by atoms with Crippen LogP contribution in [0.1, 0.15) is 21.8 Å². The molecule has 2 aromatic rings. The summed E-state index contributed by atoms with van der Waals surface area (Å²) in [5.41, 5.74) is 0.948. The van der Waals surface area contributed by atoms with E-state index in [1.165, 1.54) is 24.3 Å². The van der Waals surface area contributed by atoms with E-state index in [0.29, 0.717) is 18.7 Å². The highest BCUT2D eigenvalue weighted by molar-refractivity contribution is 5.95. The monoisotopic (exact) mass is 411 g/mol. The predicted molar refractivity (Wildman–Crippen MR) is 110 cm³/mol. The molecule has 2 heterocycles. The van der Waals surface area contributed by atoms with Gasteiger partial charge in [-0.3, -0.25) is 9.59 Å². The van der Waals surface area contributed by atoms with Crippen molar-refractivity contribution in [2.24, 2.45) is 0 Å². The molecule has 2 aliphatic rings. The van der Waals surface area contributed by atoms with Crippen molar-refractivity contribution in [2.45, 2.75) is 17.5 Å². The summed E-state index contributed by atoms with van der Waals surface area (Å²) in [6.45, 7) is 0.884. The molecule has 1 spiro atoms. The third-order valence-corrected chi connectivity index (χ3v) is 6.15. The van der Waals surface area contributed by atoms with Crippen molar-refractivity contribution in [3.63, 3.8) is 0 Å². The number of benzene rings is 2. The molecule has 6 nitrogen and oxygen atoms in total. The van der Waals surface area contributed by atoms with Gasteiger partial charge in [-0.1, -0.05) is 30.3 Å². The largest absolute Gasteiger partial charge is 0.394 e. The van der Waals surface area contributed by atoms with Gasteiger partial charge in [-0.15, -0.1) is 0 Å². The van der Waals surface area contributed by atoms with Crippen molar-refractivity contribution in [3.8, 4) is 0 Å². The third kappa shape index (κ3) is 3.28. The first-order chi connectivity index (χ1) is 14.4. The Morgan fingerprint density at radius 2 is 1.73 bits per heavy atom. The van der Waals surface area contributed by atoms with Crippen molar-refractivity contribution in [1.82, 2.24) is 14.7 Å². The van der Waals surface area contributed by atoms with Gasteiger partial charge >= 0.3 is 0 Å². The van der Waals surface area contributed by atoms with Crippen LogP contribution in [0, 0.1) is 5.82 Å². The molecule has 2 amide bonds. The maximum absolute atomic E-state index is 13.2. The summed E-state index contributed by atoms with van der Waals surface area (Å²) in [5, 5.41) is 10.1. The van der Waals surface area contributed by atoms with Crippen molar-refractivity contribution in [1.29, 1.82) is 0 Å². The van der Waals surface area contributed by atoms with E-state index in [1.54, 1.807) is 14.7 Å². The zero-order valence-electron chi connectivity index (χ0n) is 17.2. The molecule has 4 rings (SSSR count). The van der Waals surface area contributed by atoms with Crippen LogP contribution >= 0.6 is 0 Å². The van der Waals surface area contributed by atoms with Crippen LogP contribution in [0.4, 0.5) is 4.39 Å². The van der Waals surface area contributed by atoms with E-state index in [0.717, 1.165) is 5.56 Å². The first-order valence-corrected chi connectivity index (χ1v) is 10.0. The molecule has 2 aromatic carbocycles. The first kappa shape index (κ1) is 20.5. The fourth-order valence-corrected chi connectivity index (χ4v) is 4.95. The van der Waals surface area contributed by atoms with Gasteiger partial charge in [0.2, 0.25) is 5.91 Å². The fraction of sp³-hybridized carbons (Fsp3) is 0.391. The Hall–Kier alpha value is -2.77. The Balaban J connectivity index is 1.61. The Bertz CT molecular complexity index is 926. The average molecular weight is 411 g/mol. The van der Waals surface area contributed by atoms with E-state index in [2.05, 4.69) is 0 Å². The SMILES string of the molecule is CN(C)CC(=O)N1[C@@H](CO)[C@H](c2ccccc2)C12CN(C(=O)c1ccc(F)cc1)C2. The number of aliphatic hydroxyl groups is 1. The van der Waals surface area contributed by atoms with Crippen molar-refractivity contribution >= 4 is 11.8 Å². The number of halogens is 1. The number of likely N-dealkylation sites (N-methyl/N-ethyl adjacent to an activating group) is 1. The highest BCUT2D eigenvalue weighted by Crippen LogP contribution is 2.54. The minimum atomic E-state index is -0.530. The minimum absolute atomic E-state index is 0.0490. The maximum Gasteiger partial charge on any atom is 0.254 e. The summed E-state index contributed by atoms with van der Waals surface area (Å²) in [6.07, 6.45) is 0. The van der Waals surface area contributed by atoms with Crippen LogP contribution in [0.15, 0.2) is 54.6 Å². The van der Waals surface area contributed by atoms with E-state index < -0.39 is 5.54 Å². The van der Waals surface area contributed by atoms with Gasteiger partial charge in [0.1, 0.15) is 5.82 Å². The number of carbonyl (C=O) groups is 2. The number of amides is 2. The predicted octanol–water partition coefficient (Wildman–Crippen LogP) is 1.57. The van der Waals surface area contributed by atoms with Gasteiger partial charge in [0.05, 0.1) is 24.7 Å². The number of rotatable bonds is 5. The number of carbonyl (C=O) groups excluding carboxylic acids is 2. The average Bonchev–Trinajstić information content (AvgIpc) is 2.67. The van der Waals surface area contributed by atoms with Gasteiger partial charge in [-0.2, -0.15) is 0 Å². The van der Waals surface area contributed by atoms with Crippen LogP contribution in [0.25, 0.3) is 0 Å². The van der Waals surface area contributed by atoms with Gasteiger partial charge < -0.3 is 19.8 Å². The molecule has 1 N–H and O–H groups in total. The Morgan fingerprint density at radius 1 is 1.10 bits per heavy atom. The van der Waals surface area contributed by atoms with Gasteiger partial charge in [-0.25, -0.2) is 4.39 Å². The Labute approximate surface area is 175 Å². The number of hydrogen-bond acceptors (Lipinski definition) is 4. The molecule has 158 valence electrons. The van der Waals surface area contributed by atoms with E-state index >= 15 is 0 Å². The molecule has 0 aromatic heterocycles. The van der Waals surface area contributed by atoms with Crippen LogP contribution in [-0.4, -0.2) is 83.5 Å². The summed E-state index contributed by atoms with van der Waals surface area (Å²) in [5.74, 6) is -0.673. The topological polar surface area (TPSA) is 64.1 Å². The summed E-state index contributed by atoms with van der Waals surface area (Å²) in [4.78, 5) is 31.1. The van der Waals surface area contributed by atoms with Crippen molar-refractivity contribution in [2.75, 3.05) is 40.3 Å². The number of likely N-dealkylation sites (tertiary alicyclic amines) is 2. The van der Waals surface area contributed by atoms with Crippen LogP contribution < -0.4 is 0 Å². The summed E-state index contributed by atoms with van der Waals surface area (Å²) in [6, 6.07) is 15.0. The lowest BCUT2D eigenvalue weighted by Gasteiger charge is -2.70. The smallest absolute Gasteiger partial charge is 0.254 e. The summed E-state index contributed by atoms with van der Waals surface area (Å²) < 4.78 is 13.2. The maximum atomic E-state index is 13.2. The molecule has 0 unspecified atom stereocenters. The van der Waals surface area contributed by atoms with E-state index in [-0.39, 0.29) is 42.7 Å². The van der Waals surface area contributed by atoms with Crippen LogP contribution in [0.3, 0.4) is 0 Å². The first-order valence-electron chi connectivity index (χ1n) is 10.0. The lowest BCUT2D eigenvalue weighted by atomic mass is 9.60. The number of aliphatic hydroxyl groups excluding tert-OH is 1. The molecular weight excluding hydrogens is 385 g/mol. The molecule has 2 atom stereocenters. The molecular formula is C23H26FN3O3. The lowest BCUT2D eigenvalue weighted by molar-refractivity contribution is -0.194. The van der Waals surface area contributed by atoms with E-state index in [9.17, 15) is 19.1 Å². The zero-order valence-corrected chi connectivity index (χ0v) is 17.2. The van der Waals surface area contributed by atoms with Crippen molar-refractivity contribution < 1.29 is 19.1 Å². The highest BCUT2D eigenvalue weighted by atomic mass is 19.1. The molecule has 2 fully saturated rings. The van der Waals surface area contributed by atoms with Gasteiger partial charge in [0, 0.05) is 24.6 Å². The molecule has 0 radical (unpaired) electrons. The molecule has 30 heavy (non-hydrogen) atoms. The van der Waals surface area contributed by atoms with Crippen molar-refractivity contribution in [3.05, 3.63) is 71.5 Å². The van der Waals surface area contributed by atoms with Gasteiger partial charge in [0.15, 0.2) is 0 Å². The highest BCUT2D eigenvalue weighted by Gasteiger charge is 2.67. The number of nitrogens with zero attached hydrogens (tertiary/aromatic N) is 3. The Morgan fingerprint density at radius 3 is 2.30 bits per heavy atom. The van der Waals surface area contributed by atoms with Crippen LogP contribution in [-0.2, 0) is 4.79 Å². The van der Waals surface area contributed by atoms with Gasteiger partial charge in [0.25, 0.3) is 5.91 Å². The lowest BCUT2D eigenvalue weighted by Crippen LogP contribution is -2.86. The summed E-state index contributed by atoms with van der Waals surface area (Å²) in [7, 11) is 3.66. The van der Waals surface area contributed by atoms with E-state index in [1.807, 2.05) is 44.4 Å². The Kier molecular flexibility index (Phi) is 5.34. The molecule has 2 saturated heterocycles. The third-order valence-electron chi connectivity index (χ3n) is 6.15. The summed E-state index contributed by atoms with van der Waals surface area (Å²) >= 11 is 0. The molecule has 7 heteroatoms. The van der Waals surface area contributed by atoms with Gasteiger partial charge in [-0.05, 0) is 43.9 Å². The molecule has 0 saturated carbocycles. The second kappa shape index (κ2) is 7.81. The van der Waals surface area contributed by atoms with E-state index in [4.69, 9.17) is 0 Å². The second-order valence-electron chi connectivity index (χ2n) is 8.41. The van der Waals surface area contributed by atoms with Crippen LogP contribution in [0.5, 0.6) is 0 Å². The standard InChI is InChI=1S/C23H26FN3O3/c1-25(2)12-20(29)27-19(13-28)21(16-6-4-3-5-7-16)23(27)14-26(15-23)22(30)17-8-10-18(24)11-9-17/h3-11,19,21,28H,12-15H2,1-2H3/t19-,21-/m0/s1. The molecule has 0 aliphatic carbocycles. The number of hydrogen-bond donors (Lipinski definition) is 1. The fourth-order valence-electron chi connectivity index (χ4n) is 4.95. The minimum Gasteiger partial charge on any atom is -0.394 e.